The molecule has 4 heteroatoms. The van der Waals surface area contributed by atoms with Crippen molar-refractivity contribution in [1.29, 1.82) is 0 Å². The quantitative estimate of drug-likeness (QED) is 0.578. The molecule has 0 saturated carbocycles. The zero-order valence-electron chi connectivity index (χ0n) is 11.6. The highest BCUT2D eigenvalue weighted by atomic mass is 15.2. The number of fused-ring (bicyclic) bond motifs is 2. The van der Waals surface area contributed by atoms with E-state index in [2.05, 4.69) is 29.0 Å². The molecule has 0 aliphatic rings. The standard InChI is InChI=1S/C17H14N4/c1-11-4-2-6-15-16(11)21(17(18)20-15)13-7-8-14-12(10-13)5-3-9-19-14/h2-10H,1H3,(H2,18,20). The molecule has 0 spiro atoms. The fourth-order valence-electron chi connectivity index (χ4n) is 2.78. The van der Waals surface area contributed by atoms with Gasteiger partial charge in [-0.25, -0.2) is 4.98 Å². The molecule has 2 heterocycles. The van der Waals surface area contributed by atoms with Crippen molar-refractivity contribution in [2.75, 3.05) is 5.73 Å². The Balaban J connectivity index is 2.06. The molecule has 0 radical (unpaired) electrons. The van der Waals surface area contributed by atoms with Crippen molar-refractivity contribution in [2.45, 2.75) is 6.92 Å². The first-order valence-electron chi connectivity index (χ1n) is 6.83. The topological polar surface area (TPSA) is 56.7 Å². The van der Waals surface area contributed by atoms with E-state index in [1.54, 1.807) is 6.20 Å². The largest absolute Gasteiger partial charge is 0.369 e. The van der Waals surface area contributed by atoms with E-state index in [0.717, 1.165) is 33.2 Å². The summed E-state index contributed by atoms with van der Waals surface area (Å²) in [6, 6.07) is 16.2. The molecule has 0 fully saturated rings. The Labute approximate surface area is 121 Å². The molecule has 0 amide bonds. The van der Waals surface area contributed by atoms with Crippen LogP contribution in [0.1, 0.15) is 5.56 Å². The van der Waals surface area contributed by atoms with Crippen LogP contribution in [0, 0.1) is 6.92 Å². The predicted octanol–water partition coefficient (Wildman–Crippen LogP) is 3.46. The van der Waals surface area contributed by atoms with Gasteiger partial charge in [0.25, 0.3) is 0 Å². The lowest BCUT2D eigenvalue weighted by atomic mass is 10.1. The second kappa shape index (κ2) is 4.31. The first-order valence-corrected chi connectivity index (χ1v) is 6.83. The summed E-state index contributed by atoms with van der Waals surface area (Å²) in [5, 5.41) is 1.09. The summed E-state index contributed by atoms with van der Waals surface area (Å²) < 4.78 is 2.00. The lowest BCUT2D eigenvalue weighted by Gasteiger charge is -2.09. The molecule has 0 atom stereocenters. The van der Waals surface area contributed by atoms with Crippen molar-refractivity contribution in [1.82, 2.24) is 14.5 Å². The summed E-state index contributed by atoms with van der Waals surface area (Å²) >= 11 is 0. The summed E-state index contributed by atoms with van der Waals surface area (Å²) in [4.78, 5) is 8.81. The Hall–Kier alpha value is -2.88. The summed E-state index contributed by atoms with van der Waals surface area (Å²) in [6.45, 7) is 2.07. The van der Waals surface area contributed by atoms with Gasteiger partial charge in [0.2, 0.25) is 5.95 Å². The number of rotatable bonds is 1. The SMILES string of the molecule is Cc1cccc2nc(N)n(-c3ccc4ncccc4c3)c12. The zero-order chi connectivity index (χ0) is 14.4. The van der Waals surface area contributed by atoms with Crippen molar-refractivity contribution < 1.29 is 0 Å². The fraction of sp³-hybridized carbons (Fsp3) is 0.0588. The summed E-state index contributed by atoms with van der Waals surface area (Å²) in [6.07, 6.45) is 1.80. The molecular weight excluding hydrogens is 260 g/mol. The Morgan fingerprint density at radius 1 is 1.00 bits per heavy atom. The van der Waals surface area contributed by atoms with Crippen LogP contribution < -0.4 is 5.73 Å². The Kier molecular flexibility index (Phi) is 2.44. The lowest BCUT2D eigenvalue weighted by molar-refractivity contribution is 1.11. The second-order valence-electron chi connectivity index (χ2n) is 5.13. The molecule has 0 aliphatic carbocycles. The number of aromatic nitrogens is 3. The molecule has 0 unspecified atom stereocenters. The number of pyridine rings is 1. The van der Waals surface area contributed by atoms with Crippen LogP contribution in [-0.4, -0.2) is 14.5 Å². The highest BCUT2D eigenvalue weighted by molar-refractivity contribution is 5.86. The average Bonchev–Trinajstić information content (AvgIpc) is 2.84. The van der Waals surface area contributed by atoms with E-state index in [9.17, 15) is 0 Å². The number of anilines is 1. The van der Waals surface area contributed by atoms with E-state index in [1.165, 1.54) is 0 Å². The van der Waals surface area contributed by atoms with Crippen LogP contribution in [0.3, 0.4) is 0 Å². The van der Waals surface area contributed by atoms with Crippen LogP contribution in [0.5, 0.6) is 0 Å². The highest BCUT2D eigenvalue weighted by Crippen LogP contribution is 2.27. The molecule has 0 aliphatic heterocycles. The lowest BCUT2D eigenvalue weighted by Crippen LogP contribution is -2.01. The molecule has 4 nitrogen and oxygen atoms in total. The molecule has 4 rings (SSSR count). The van der Waals surface area contributed by atoms with Crippen LogP contribution in [0.4, 0.5) is 5.95 Å². The van der Waals surface area contributed by atoms with Crippen LogP contribution in [0.2, 0.25) is 0 Å². The van der Waals surface area contributed by atoms with E-state index in [1.807, 2.05) is 41.0 Å². The molecule has 2 aromatic heterocycles. The predicted molar refractivity (Wildman–Crippen MR) is 85.5 cm³/mol. The van der Waals surface area contributed by atoms with Gasteiger partial charge >= 0.3 is 0 Å². The van der Waals surface area contributed by atoms with Gasteiger partial charge in [-0.2, -0.15) is 0 Å². The minimum absolute atomic E-state index is 0.502. The van der Waals surface area contributed by atoms with Gasteiger partial charge < -0.3 is 5.73 Å². The van der Waals surface area contributed by atoms with Crippen molar-refractivity contribution in [3.8, 4) is 5.69 Å². The number of para-hydroxylation sites is 1. The maximum absolute atomic E-state index is 6.13. The third-order valence-electron chi connectivity index (χ3n) is 3.75. The van der Waals surface area contributed by atoms with Crippen molar-refractivity contribution in [3.63, 3.8) is 0 Å². The smallest absolute Gasteiger partial charge is 0.205 e. The molecule has 0 saturated heterocycles. The molecule has 0 bridgehead atoms. The molecule has 2 N–H and O–H groups in total. The van der Waals surface area contributed by atoms with E-state index >= 15 is 0 Å². The summed E-state index contributed by atoms with van der Waals surface area (Å²) in [5.41, 5.74) is 11.2. The van der Waals surface area contributed by atoms with Crippen molar-refractivity contribution >= 4 is 27.9 Å². The molecular formula is C17H14N4. The minimum atomic E-state index is 0.502. The van der Waals surface area contributed by atoms with E-state index in [4.69, 9.17) is 5.73 Å². The number of aryl methyl sites for hydroxylation is 1. The number of hydrogen-bond donors (Lipinski definition) is 1. The first-order chi connectivity index (χ1) is 10.2. The van der Waals surface area contributed by atoms with Gasteiger partial charge in [-0.05, 0) is 42.8 Å². The van der Waals surface area contributed by atoms with Crippen LogP contribution in [-0.2, 0) is 0 Å². The Morgan fingerprint density at radius 3 is 2.81 bits per heavy atom. The molecule has 21 heavy (non-hydrogen) atoms. The monoisotopic (exact) mass is 274 g/mol. The fourth-order valence-corrected chi connectivity index (χ4v) is 2.78. The number of imidazole rings is 1. The third-order valence-corrected chi connectivity index (χ3v) is 3.75. The zero-order valence-corrected chi connectivity index (χ0v) is 11.6. The van der Waals surface area contributed by atoms with Crippen molar-refractivity contribution in [3.05, 3.63) is 60.3 Å². The highest BCUT2D eigenvalue weighted by Gasteiger charge is 2.12. The number of nitrogens with zero attached hydrogens (tertiary/aromatic N) is 3. The van der Waals surface area contributed by atoms with Gasteiger partial charge in [-0.3, -0.25) is 9.55 Å². The van der Waals surface area contributed by atoms with Gasteiger partial charge in [-0.15, -0.1) is 0 Å². The summed E-state index contributed by atoms with van der Waals surface area (Å²) in [7, 11) is 0. The Bertz CT molecular complexity index is 969. The molecule has 2 aromatic carbocycles. The van der Waals surface area contributed by atoms with Crippen LogP contribution in [0.25, 0.3) is 27.6 Å². The number of benzene rings is 2. The van der Waals surface area contributed by atoms with Crippen molar-refractivity contribution in [2.24, 2.45) is 0 Å². The van der Waals surface area contributed by atoms with Gasteiger partial charge in [0, 0.05) is 17.3 Å². The maximum atomic E-state index is 6.13. The summed E-state index contributed by atoms with van der Waals surface area (Å²) in [5.74, 6) is 0.502. The molecule has 4 aromatic rings. The number of nitrogen functional groups attached to an aromatic ring is 1. The third kappa shape index (κ3) is 1.76. The van der Waals surface area contributed by atoms with Gasteiger partial charge in [0.05, 0.1) is 16.6 Å². The average molecular weight is 274 g/mol. The normalized spacial score (nSPS) is 11.3. The first kappa shape index (κ1) is 11.9. The number of hydrogen-bond acceptors (Lipinski definition) is 3. The van der Waals surface area contributed by atoms with Gasteiger partial charge in [0.15, 0.2) is 0 Å². The maximum Gasteiger partial charge on any atom is 0.205 e. The van der Waals surface area contributed by atoms with Crippen LogP contribution >= 0.6 is 0 Å². The van der Waals surface area contributed by atoms with E-state index < -0.39 is 0 Å². The van der Waals surface area contributed by atoms with Crippen LogP contribution in [0.15, 0.2) is 54.7 Å². The molecule has 102 valence electrons. The van der Waals surface area contributed by atoms with E-state index in [-0.39, 0.29) is 0 Å². The Morgan fingerprint density at radius 2 is 1.90 bits per heavy atom. The van der Waals surface area contributed by atoms with Gasteiger partial charge in [-0.1, -0.05) is 18.2 Å². The number of nitrogens with two attached hydrogens (primary N) is 1. The minimum Gasteiger partial charge on any atom is -0.369 e. The second-order valence-corrected chi connectivity index (χ2v) is 5.13. The van der Waals surface area contributed by atoms with E-state index in [0.29, 0.717) is 5.95 Å². The van der Waals surface area contributed by atoms with Gasteiger partial charge in [0.1, 0.15) is 0 Å².